The lowest BCUT2D eigenvalue weighted by atomic mass is 10.1. The number of carbonyl (C=O) groups excluding carboxylic acids is 1. The number of thioether (sulfide) groups is 1. The molecule has 0 N–H and O–H groups in total. The number of thiocarbonyl (C=S) groups is 1. The first-order valence-electron chi connectivity index (χ1n) is 9.48. The predicted molar refractivity (Wildman–Crippen MR) is 116 cm³/mol. The SMILES string of the molecule is CC(C)Cn1cc(/C=C2\SC(=S)N(C[C@H]3CCCO3)C2=O)c2ccccc21. The monoisotopic (exact) mass is 400 g/mol. The van der Waals surface area contributed by atoms with Gasteiger partial charge >= 0.3 is 0 Å². The maximum Gasteiger partial charge on any atom is 0.266 e. The number of fused-ring (bicyclic) bond motifs is 1. The quantitative estimate of drug-likeness (QED) is 0.539. The van der Waals surface area contributed by atoms with Crippen molar-refractivity contribution in [1.82, 2.24) is 9.47 Å². The van der Waals surface area contributed by atoms with Crippen LogP contribution in [0.5, 0.6) is 0 Å². The van der Waals surface area contributed by atoms with Crippen molar-refractivity contribution < 1.29 is 9.53 Å². The van der Waals surface area contributed by atoms with Crippen LogP contribution in [0.15, 0.2) is 35.4 Å². The van der Waals surface area contributed by atoms with E-state index in [0.29, 0.717) is 21.7 Å². The first-order valence-corrected chi connectivity index (χ1v) is 10.7. The molecule has 0 radical (unpaired) electrons. The molecular formula is C21H24N2O2S2. The largest absolute Gasteiger partial charge is 0.376 e. The minimum Gasteiger partial charge on any atom is -0.376 e. The highest BCUT2D eigenvalue weighted by atomic mass is 32.2. The van der Waals surface area contributed by atoms with Crippen LogP contribution in [0.4, 0.5) is 0 Å². The van der Waals surface area contributed by atoms with Gasteiger partial charge in [0.25, 0.3) is 5.91 Å². The van der Waals surface area contributed by atoms with Crippen molar-refractivity contribution in [3.8, 4) is 0 Å². The normalized spacial score (nSPS) is 22.1. The number of hydrogen-bond acceptors (Lipinski definition) is 4. The average molecular weight is 401 g/mol. The van der Waals surface area contributed by atoms with Crippen LogP contribution in [-0.4, -0.2) is 39.0 Å². The summed E-state index contributed by atoms with van der Waals surface area (Å²) in [6, 6.07) is 8.36. The number of para-hydroxylation sites is 1. The van der Waals surface area contributed by atoms with E-state index >= 15 is 0 Å². The lowest BCUT2D eigenvalue weighted by molar-refractivity contribution is -0.123. The van der Waals surface area contributed by atoms with Crippen LogP contribution in [-0.2, 0) is 16.1 Å². The lowest BCUT2D eigenvalue weighted by Gasteiger charge is -2.18. The van der Waals surface area contributed by atoms with E-state index in [1.807, 2.05) is 12.1 Å². The molecule has 2 aliphatic rings. The maximum atomic E-state index is 12.9. The molecule has 1 aromatic heterocycles. The zero-order valence-corrected chi connectivity index (χ0v) is 17.3. The van der Waals surface area contributed by atoms with Gasteiger partial charge < -0.3 is 9.30 Å². The molecule has 27 heavy (non-hydrogen) atoms. The number of ether oxygens (including phenoxy) is 1. The van der Waals surface area contributed by atoms with Crippen molar-refractivity contribution in [3.05, 3.63) is 40.9 Å². The molecule has 0 saturated carbocycles. The maximum absolute atomic E-state index is 12.9. The van der Waals surface area contributed by atoms with Gasteiger partial charge in [0.2, 0.25) is 0 Å². The lowest BCUT2D eigenvalue weighted by Crippen LogP contribution is -2.35. The molecule has 2 aliphatic heterocycles. The highest BCUT2D eigenvalue weighted by Gasteiger charge is 2.34. The Labute approximate surface area is 169 Å². The van der Waals surface area contributed by atoms with Crippen molar-refractivity contribution in [1.29, 1.82) is 0 Å². The summed E-state index contributed by atoms with van der Waals surface area (Å²) in [6.07, 6.45) is 6.31. The van der Waals surface area contributed by atoms with Crippen molar-refractivity contribution in [2.45, 2.75) is 39.3 Å². The molecule has 1 amide bonds. The summed E-state index contributed by atoms with van der Waals surface area (Å²) in [7, 11) is 0. The molecule has 0 spiro atoms. The van der Waals surface area contributed by atoms with Gasteiger partial charge in [-0.1, -0.05) is 56.0 Å². The molecule has 2 saturated heterocycles. The Kier molecular flexibility index (Phi) is 5.39. The molecule has 6 heteroatoms. The van der Waals surface area contributed by atoms with Gasteiger partial charge in [-0.05, 0) is 30.9 Å². The topological polar surface area (TPSA) is 34.5 Å². The average Bonchev–Trinajstić information content (AvgIpc) is 3.32. The van der Waals surface area contributed by atoms with E-state index in [0.717, 1.165) is 31.6 Å². The first kappa shape index (κ1) is 18.7. The van der Waals surface area contributed by atoms with Crippen LogP contribution >= 0.6 is 24.0 Å². The molecule has 0 aliphatic carbocycles. The number of rotatable bonds is 5. The van der Waals surface area contributed by atoms with Crippen LogP contribution in [0, 0.1) is 5.92 Å². The molecule has 1 aromatic carbocycles. The van der Waals surface area contributed by atoms with Crippen LogP contribution < -0.4 is 0 Å². The number of amides is 1. The Bertz CT molecular complexity index is 910. The third kappa shape index (κ3) is 3.84. The Balaban J connectivity index is 1.63. The van der Waals surface area contributed by atoms with E-state index in [4.69, 9.17) is 17.0 Å². The van der Waals surface area contributed by atoms with Gasteiger partial charge in [-0.3, -0.25) is 9.69 Å². The van der Waals surface area contributed by atoms with Gasteiger partial charge in [-0.2, -0.15) is 0 Å². The summed E-state index contributed by atoms with van der Waals surface area (Å²) >= 11 is 6.87. The van der Waals surface area contributed by atoms with Gasteiger partial charge in [0, 0.05) is 35.8 Å². The summed E-state index contributed by atoms with van der Waals surface area (Å²) in [5.74, 6) is 0.555. The van der Waals surface area contributed by atoms with Crippen LogP contribution in [0.1, 0.15) is 32.3 Å². The minimum absolute atomic E-state index is 0.00110. The number of nitrogens with zero attached hydrogens (tertiary/aromatic N) is 2. The third-order valence-electron chi connectivity index (χ3n) is 4.95. The number of hydrogen-bond donors (Lipinski definition) is 0. The van der Waals surface area contributed by atoms with Gasteiger partial charge in [-0.15, -0.1) is 0 Å². The van der Waals surface area contributed by atoms with Crippen molar-refractivity contribution in [2.75, 3.05) is 13.2 Å². The summed E-state index contributed by atoms with van der Waals surface area (Å²) in [4.78, 5) is 15.3. The van der Waals surface area contributed by atoms with Gasteiger partial charge in [0.05, 0.1) is 17.6 Å². The fraction of sp³-hybridized carbons (Fsp3) is 0.429. The van der Waals surface area contributed by atoms with Gasteiger partial charge in [0.15, 0.2) is 0 Å². The molecule has 2 aromatic rings. The standard InChI is InChI=1S/C21H24N2O2S2/c1-14(2)11-22-12-15(17-7-3-4-8-18(17)22)10-19-20(24)23(21(26)27-19)13-16-6-5-9-25-16/h3-4,7-8,10,12,14,16H,5-6,9,11,13H2,1-2H3/b19-10-/t16-/m1/s1. The second kappa shape index (κ2) is 7.78. The molecule has 4 rings (SSSR count). The van der Waals surface area contributed by atoms with E-state index in [-0.39, 0.29) is 12.0 Å². The summed E-state index contributed by atoms with van der Waals surface area (Å²) in [5, 5.41) is 1.17. The fourth-order valence-electron chi connectivity index (χ4n) is 3.73. The van der Waals surface area contributed by atoms with E-state index in [9.17, 15) is 4.79 Å². The molecule has 0 unspecified atom stereocenters. The molecular weight excluding hydrogens is 376 g/mol. The summed E-state index contributed by atoms with van der Waals surface area (Å²) in [6.45, 7) is 6.73. The van der Waals surface area contributed by atoms with Crippen LogP contribution in [0.25, 0.3) is 17.0 Å². The first-order chi connectivity index (χ1) is 13.0. The van der Waals surface area contributed by atoms with E-state index in [2.05, 4.69) is 42.8 Å². The second-order valence-electron chi connectivity index (χ2n) is 7.58. The smallest absolute Gasteiger partial charge is 0.266 e. The zero-order valence-electron chi connectivity index (χ0n) is 15.7. The fourth-order valence-corrected chi connectivity index (χ4v) is 4.99. The molecule has 0 bridgehead atoms. The third-order valence-corrected chi connectivity index (χ3v) is 6.33. The van der Waals surface area contributed by atoms with E-state index < -0.39 is 0 Å². The van der Waals surface area contributed by atoms with Gasteiger partial charge in [0.1, 0.15) is 4.32 Å². The highest BCUT2D eigenvalue weighted by Crippen LogP contribution is 2.35. The minimum atomic E-state index is 0.00110. The van der Waals surface area contributed by atoms with E-state index in [1.54, 1.807) is 4.90 Å². The molecule has 3 heterocycles. The van der Waals surface area contributed by atoms with Crippen LogP contribution in [0.2, 0.25) is 0 Å². The Morgan fingerprint density at radius 1 is 1.37 bits per heavy atom. The van der Waals surface area contributed by atoms with Crippen molar-refractivity contribution in [2.24, 2.45) is 5.92 Å². The Morgan fingerprint density at radius 3 is 2.93 bits per heavy atom. The summed E-state index contributed by atoms with van der Waals surface area (Å²) in [5.41, 5.74) is 2.27. The molecule has 142 valence electrons. The van der Waals surface area contributed by atoms with Crippen LogP contribution in [0.3, 0.4) is 0 Å². The van der Waals surface area contributed by atoms with Crippen molar-refractivity contribution >= 4 is 51.2 Å². The highest BCUT2D eigenvalue weighted by molar-refractivity contribution is 8.26. The number of aromatic nitrogens is 1. The number of benzene rings is 1. The predicted octanol–water partition coefficient (Wildman–Crippen LogP) is 4.68. The van der Waals surface area contributed by atoms with Gasteiger partial charge in [-0.25, -0.2) is 0 Å². The van der Waals surface area contributed by atoms with E-state index in [1.165, 1.54) is 22.7 Å². The Morgan fingerprint density at radius 2 is 2.19 bits per heavy atom. The molecule has 2 fully saturated rings. The zero-order chi connectivity index (χ0) is 19.0. The van der Waals surface area contributed by atoms with Crippen molar-refractivity contribution in [3.63, 3.8) is 0 Å². The second-order valence-corrected chi connectivity index (χ2v) is 9.25. The molecule has 1 atom stereocenters. The Hall–Kier alpha value is -1.63. The molecule has 4 nitrogen and oxygen atoms in total. The summed E-state index contributed by atoms with van der Waals surface area (Å²) < 4.78 is 8.59. The number of carbonyl (C=O) groups is 1.